The summed E-state index contributed by atoms with van der Waals surface area (Å²) in [6.45, 7) is 0.944. The Morgan fingerprint density at radius 1 is 1.12 bits per heavy atom. The Hall–Kier alpha value is -1.62. The van der Waals surface area contributed by atoms with Crippen molar-refractivity contribution in [3.05, 3.63) is 69.3 Å². The van der Waals surface area contributed by atoms with Gasteiger partial charge in [-0.05, 0) is 54.2 Å². The van der Waals surface area contributed by atoms with Crippen LogP contribution in [0, 0.1) is 0 Å². The van der Waals surface area contributed by atoms with Crippen LogP contribution in [0.5, 0.6) is 0 Å². The number of fused-ring (bicyclic) bond motifs is 3. The van der Waals surface area contributed by atoms with Crippen molar-refractivity contribution >= 4 is 26.8 Å². The number of nitrogens with one attached hydrogen (secondary N) is 2. The zero-order chi connectivity index (χ0) is 16.5. The minimum absolute atomic E-state index is 0.102. The second-order valence-corrected chi connectivity index (χ2v) is 7.42. The highest BCUT2D eigenvalue weighted by Gasteiger charge is 2.23. The molecule has 3 nitrogen and oxygen atoms in total. The van der Waals surface area contributed by atoms with Crippen LogP contribution >= 0.6 is 15.9 Å². The van der Waals surface area contributed by atoms with E-state index in [1.165, 1.54) is 34.1 Å². The van der Waals surface area contributed by atoms with Crippen LogP contribution in [0.4, 0.5) is 0 Å². The number of hydrogen-bond acceptors (Lipinski definition) is 2. The summed E-state index contributed by atoms with van der Waals surface area (Å²) in [6, 6.07) is 15.0. The van der Waals surface area contributed by atoms with Gasteiger partial charge in [0.2, 0.25) is 0 Å². The van der Waals surface area contributed by atoms with Gasteiger partial charge in [-0.2, -0.15) is 0 Å². The van der Waals surface area contributed by atoms with Gasteiger partial charge >= 0.3 is 0 Å². The number of hydrogen-bond donors (Lipinski definition) is 3. The van der Waals surface area contributed by atoms with E-state index < -0.39 is 0 Å². The van der Waals surface area contributed by atoms with Crippen LogP contribution in [0.25, 0.3) is 10.9 Å². The Kier molecular flexibility index (Phi) is 4.44. The first kappa shape index (κ1) is 15.9. The highest BCUT2D eigenvalue weighted by molar-refractivity contribution is 9.10. The Bertz CT molecular complexity index is 854. The quantitative estimate of drug-likeness (QED) is 0.615. The van der Waals surface area contributed by atoms with Crippen LogP contribution in [0.3, 0.4) is 0 Å². The summed E-state index contributed by atoms with van der Waals surface area (Å²) in [5.74, 6) is 0. The topological polar surface area (TPSA) is 48.0 Å². The molecule has 124 valence electrons. The molecule has 0 saturated heterocycles. The Morgan fingerprint density at radius 2 is 1.92 bits per heavy atom. The van der Waals surface area contributed by atoms with Gasteiger partial charge in [0, 0.05) is 33.7 Å². The molecule has 0 radical (unpaired) electrons. The van der Waals surface area contributed by atoms with E-state index in [-0.39, 0.29) is 6.61 Å². The molecule has 4 heteroatoms. The first-order chi connectivity index (χ1) is 11.7. The smallest absolute Gasteiger partial charge is 0.0681 e. The molecule has 2 aromatic carbocycles. The zero-order valence-corrected chi connectivity index (χ0v) is 15.1. The van der Waals surface area contributed by atoms with Gasteiger partial charge in [0.05, 0.1) is 6.61 Å². The van der Waals surface area contributed by atoms with Gasteiger partial charge in [-0.3, -0.25) is 0 Å². The molecule has 0 saturated carbocycles. The van der Waals surface area contributed by atoms with Gasteiger partial charge < -0.3 is 15.4 Å². The molecular weight excluding hydrogens is 364 g/mol. The molecule has 0 spiro atoms. The van der Waals surface area contributed by atoms with Crippen molar-refractivity contribution in [2.75, 3.05) is 0 Å². The third-order valence-corrected chi connectivity index (χ3v) is 5.42. The predicted molar refractivity (Wildman–Crippen MR) is 101 cm³/mol. The fourth-order valence-corrected chi connectivity index (χ4v) is 4.00. The van der Waals surface area contributed by atoms with Crippen molar-refractivity contribution in [3.63, 3.8) is 0 Å². The SMILES string of the molecule is OCc1ccc(CN[C@H]2CCCc3c2[nH]c2ccc(Br)cc32)cc1. The normalized spacial score (nSPS) is 17.2. The van der Waals surface area contributed by atoms with E-state index in [0.29, 0.717) is 6.04 Å². The van der Waals surface area contributed by atoms with Gasteiger partial charge in [-0.25, -0.2) is 0 Å². The minimum Gasteiger partial charge on any atom is -0.392 e. The van der Waals surface area contributed by atoms with E-state index in [4.69, 9.17) is 5.11 Å². The Balaban J connectivity index is 1.56. The second kappa shape index (κ2) is 6.71. The molecule has 0 bridgehead atoms. The molecule has 1 aliphatic rings. The molecule has 24 heavy (non-hydrogen) atoms. The highest BCUT2D eigenvalue weighted by atomic mass is 79.9. The second-order valence-electron chi connectivity index (χ2n) is 6.51. The van der Waals surface area contributed by atoms with Crippen LogP contribution in [-0.2, 0) is 19.6 Å². The van der Waals surface area contributed by atoms with E-state index >= 15 is 0 Å². The van der Waals surface area contributed by atoms with Crippen molar-refractivity contribution in [1.29, 1.82) is 0 Å². The molecular formula is C20H21BrN2O. The monoisotopic (exact) mass is 384 g/mol. The number of aliphatic hydroxyl groups is 1. The van der Waals surface area contributed by atoms with Crippen LogP contribution in [-0.4, -0.2) is 10.1 Å². The maximum atomic E-state index is 9.14. The molecule has 0 amide bonds. The largest absolute Gasteiger partial charge is 0.392 e. The predicted octanol–water partition coefficient (Wildman–Crippen LogP) is 4.59. The summed E-state index contributed by atoms with van der Waals surface area (Å²) < 4.78 is 1.14. The fourth-order valence-electron chi connectivity index (χ4n) is 3.64. The average Bonchev–Trinajstić information content (AvgIpc) is 2.99. The lowest BCUT2D eigenvalue weighted by Crippen LogP contribution is -2.24. The standard InChI is InChI=1S/C20H21BrN2O/c21-15-8-9-18-17(10-15)16-2-1-3-19(20(16)23-18)22-11-13-4-6-14(12-24)7-5-13/h4-10,19,22-24H,1-3,11-12H2/t19-/m0/s1. The maximum Gasteiger partial charge on any atom is 0.0681 e. The lowest BCUT2D eigenvalue weighted by atomic mass is 9.91. The first-order valence-electron chi connectivity index (χ1n) is 8.46. The van der Waals surface area contributed by atoms with Gasteiger partial charge in [0.15, 0.2) is 0 Å². The van der Waals surface area contributed by atoms with E-state index in [1.807, 2.05) is 12.1 Å². The van der Waals surface area contributed by atoms with Gasteiger partial charge in [0.25, 0.3) is 0 Å². The molecule has 1 aliphatic carbocycles. The van der Waals surface area contributed by atoms with E-state index in [2.05, 4.69) is 56.6 Å². The first-order valence-corrected chi connectivity index (χ1v) is 9.26. The van der Waals surface area contributed by atoms with Gasteiger partial charge in [-0.15, -0.1) is 0 Å². The van der Waals surface area contributed by atoms with Crippen molar-refractivity contribution in [1.82, 2.24) is 10.3 Å². The molecule has 1 atom stereocenters. The summed E-state index contributed by atoms with van der Waals surface area (Å²) in [5.41, 5.74) is 6.24. The lowest BCUT2D eigenvalue weighted by Gasteiger charge is -2.24. The average molecular weight is 385 g/mol. The number of rotatable bonds is 4. The number of halogens is 1. The van der Waals surface area contributed by atoms with Crippen molar-refractivity contribution in [2.24, 2.45) is 0 Å². The van der Waals surface area contributed by atoms with E-state index in [9.17, 15) is 0 Å². The maximum absolute atomic E-state index is 9.14. The minimum atomic E-state index is 0.102. The number of aromatic nitrogens is 1. The third-order valence-electron chi connectivity index (χ3n) is 4.93. The lowest BCUT2D eigenvalue weighted by molar-refractivity contribution is 0.282. The van der Waals surface area contributed by atoms with Gasteiger partial charge in [0.1, 0.15) is 0 Å². The van der Waals surface area contributed by atoms with Crippen molar-refractivity contribution in [3.8, 4) is 0 Å². The highest BCUT2D eigenvalue weighted by Crippen LogP contribution is 2.35. The number of H-pyrrole nitrogens is 1. The Labute approximate surface area is 150 Å². The Morgan fingerprint density at radius 3 is 2.71 bits per heavy atom. The molecule has 0 aliphatic heterocycles. The van der Waals surface area contributed by atoms with Crippen molar-refractivity contribution < 1.29 is 5.11 Å². The summed E-state index contributed by atoms with van der Waals surface area (Å²) >= 11 is 3.59. The summed E-state index contributed by atoms with van der Waals surface area (Å²) in [5, 5.41) is 14.2. The number of benzene rings is 2. The van der Waals surface area contributed by atoms with E-state index in [1.54, 1.807) is 0 Å². The number of aryl methyl sites for hydroxylation is 1. The molecule has 0 fully saturated rings. The van der Waals surface area contributed by atoms with Crippen molar-refractivity contribution in [2.45, 2.75) is 38.5 Å². The summed E-state index contributed by atoms with van der Waals surface area (Å²) in [7, 11) is 0. The van der Waals surface area contributed by atoms with Crippen LogP contribution < -0.4 is 5.32 Å². The number of aromatic amines is 1. The molecule has 4 rings (SSSR count). The summed E-state index contributed by atoms with van der Waals surface area (Å²) in [4.78, 5) is 3.63. The van der Waals surface area contributed by atoms with Crippen LogP contribution in [0.15, 0.2) is 46.9 Å². The molecule has 1 aromatic heterocycles. The zero-order valence-electron chi connectivity index (χ0n) is 13.5. The number of aliphatic hydroxyl groups excluding tert-OH is 1. The van der Waals surface area contributed by atoms with E-state index in [0.717, 1.165) is 29.4 Å². The molecule has 3 N–H and O–H groups in total. The van der Waals surface area contributed by atoms with Gasteiger partial charge in [-0.1, -0.05) is 40.2 Å². The van der Waals surface area contributed by atoms with Crippen LogP contribution in [0.1, 0.15) is 41.3 Å². The summed E-state index contributed by atoms with van der Waals surface area (Å²) in [6.07, 6.45) is 3.53. The molecule has 0 unspecified atom stereocenters. The fraction of sp³-hybridized carbons (Fsp3) is 0.300. The van der Waals surface area contributed by atoms with Crippen LogP contribution in [0.2, 0.25) is 0 Å². The third kappa shape index (κ3) is 3.02. The molecule has 1 heterocycles. The molecule has 3 aromatic rings.